The molecule has 0 aromatic heterocycles. The van der Waals surface area contributed by atoms with Crippen LogP contribution in [0.1, 0.15) is 22.0 Å². The van der Waals surface area contributed by atoms with Crippen molar-refractivity contribution in [1.82, 2.24) is 10.2 Å². The van der Waals surface area contributed by atoms with Crippen LogP contribution in [-0.2, 0) is 4.74 Å². The number of benzene rings is 2. The van der Waals surface area contributed by atoms with E-state index in [-0.39, 0.29) is 30.0 Å². The van der Waals surface area contributed by atoms with Gasteiger partial charge in [-0.3, -0.25) is 19.8 Å². The first-order chi connectivity index (χ1) is 14.1. The highest BCUT2D eigenvalue weighted by molar-refractivity contribution is 5.94. The Bertz CT molecular complexity index is 913. The van der Waals surface area contributed by atoms with E-state index in [0.717, 1.165) is 18.7 Å². The molecule has 1 atom stereocenters. The number of amides is 1. The van der Waals surface area contributed by atoms with Gasteiger partial charge in [-0.1, -0.05) is 12.1 Å². The summed E-state index contributed by atoms with van der Waals surface area (Å²) < 4.78 is 16.3. The molecule has 2 heterocycles. The molecule has 1 N–H and O–H groups in total. The van der Waals surface area contributed by atoms with Gasteiger partial charge >= 0.3 is 0 Å². The monoisotopic (exact) mass is 399 g/mol. The molecule has 2 aromatic rings. The summed E-state index contributed by atoms with van der Waals surface area (Å²) in [7, 11) is 0. The molecular formula is C20H21N3O6. The quantitative estimate of drug-likeness (QED) is 0.586. The van der Waals surface area contributed by atoms with Gasteiger partial charge in [-0.05, 0) is 23.8 Å². The van der Waals surface area contributed by atoms with Crippen molar-refractivity contribution in [3.63, 3.8) is 0 Å². The second-order valence-electron chi connectivity index (χ2n) is 6.79. The van der Waals surface area contributed by atoms with E-state index < -0.39 is 4.92 Å². The summed E-state index contributed by atoms with van der Waals surface area (Å²) in [4.78, 5) is 25.3. The van der Waals surface area contributed by atoms with Crippen molar-refractivity contribution in [3.8, 4) is 11.5 Å². The van der Waals surface area contributed by atoms with E-state index in [1.165, 1.54) is 18.2 Å². The van der Waals surface area contributed by atoms with E-state index in [1.807, 2.05) is 18.2 Å². The molecule has 2 aliphatic heterocycles. The van der Waals surface area contributed by atoms with Crippen LogP contribution in [0.15, 0.2) is 42.5 Å². The maximum atomic E-state index is 12.6. The highest BCUT2D eigenvalue weighted by Gasteiger charge is 2.25. The number of nitrogens with one attached hydrogen (secondary N) is 1. The Morgan fingerprint density at radius 2 is 1.93 bits per heavy atom. The molecule has 1 saturated heterocycles. The fourth-order valence-electron chi connectivity index (χ4n) is 3.52. The summed E-state index contributed by atoms with van der Waals surface area (Å²) in [5, 5.41) is 13.9. The number of ether oxygens (including phenoxy) is 3. The fraction of sp³-hybridized carbons (Fsp3) is 0.350. The van der Waals surface area contributed by atoms with Gasteiger partial charge in [0.25, 0.3) is 11.6 Å². The van der Waals surface area contributed by atoms with E-state index in [4.69, 9.17) is 14.2 Å². The Morgan fingerprint density at radius 1 is 1.14 bits per heavy atom. The molecule has 2 aliphatic rings. The highest BCUT2D eigenvalue weighted by Crippen LogP contribution is 2.35. The number of nitro groups is 1. The zero-order valence-electron chi connectivity index (χ0n) is 15.7. The number of hydrogen-bond acceptors (Lipinski definition) is 7. The molecule has 1 unspecified atom stereocenters. The van der Waals surface area contributed by atoms with Gasteiger partial charge in [0.2, 0.25) is 6.79 Å². The number of fused-ring (bicyclic) bond motifs is 1. The Balaban J connectivity index is 1.52. The normalized spacial score (nSPS) is 17.0. The number of rotatable bonds is 6. The lowest BCUT2D eigenvalue weighted by atomic mass is 10.0. The van der Waals surface area contributed by atoms with Crippen LogP contribution in [0, 0.1) is 10.1 Å². The van der Waals surface area contributed by atoms with Gasteiger partial charge in [0.05, 0.1) is 24.2 Å². The molecule has 29 heavy (non-hydrogen) atoms. The van der Waals surface area contributed by atoms with Crippen molar-refractivity contribution >= 4 is 11.6 Å². The molecule has 0 spiro atoms. The van der Waals surface area contributed by atoms with Gasteiger partial charge in [0, 0.05) is 37.3 Å². The Morgan fingerprint density at radius 3 is 2.72 bits per heavy atom. The van der Waals surface area contributed by atoms with Crippen molar-refractivity contribution < 1.29 is 23.9 Å². The number of morpholine rings is 1. The predicted octanol–water partition coefficient (Wildman–Crippen LogP) is 2.13. The summed E-state index contributed by atoms with van der Waals surface area (Å²) in [5.41, 5.74) is 1.14. The molecule has 9 nitrogen and oxygen atoms in total. The maximum Gasteiger partial charge on any atom is 0.270 e. The zero-order chi connectivity index (χ0) is 20.2. The van der Waals surface area contributed by atoms with Crippen LogP contribution in [0.2, 0.25) is 0 Å². The lowest BCUT2D eigenvalue weighted by Gasteiger charge is -2.35. The average Bonchev–Trinajstić information content (AvgIpc) is 3.22. The molecule has 152 valence electrons. The van der Waals surface area contributed by atoms with Crippen molar-refractivity contribution in [2.75, 3.05) is 39.6 Å². The first-order valence-electron chi connectivity index (χ1n) is 9.36. The van der Waals surface area contributed by atoms with Crippen LogP contribution < -0.4 is 14.8 Å². The van der Waals surface area contributed by atoms with Gasteiger partial charge in [-0.2, -0.15) is 0 Å². The van der Waals surface area contributed by atoms with Crippen LogP contribution in [0.3, 0.4) is 0 Å². The van der Waals surface area contributed by atoms with Gasteiger partial charge < -0.3 is 19.5 Å². The van der Waals surface area contributed by atoms with Crippen LogP contribution >= 0.6 is 0 Å². The molecule has 0 radical (unpaired) electrons. The summed E-state index contributed by atoms with van der Waals surface area (Å²) >= 11 is 0. The standard InChI is InChI=1S/C20H21N3O6/c24-20(15-2-1-3-16(10-15)23(25)26)21-12-17(22-6-8-27-9-7-22)14-4-5-18-19(11-14)29-13-28-18/h1-5,10-11,17H,6-9,12-13H2,(H,21,24). The summed E-state index contributed by atoms with van der Waals surface area (Å²) in [6.45, 7) is 3.28. The Kier molecular flexibility index (Phi) is 5.59. The number of carbonyl (C=O) groups excluding carboxylic acids is 1. The van der Waals surface area contributed by atoms with Gasteiger partial charge in [0.1, 0.15) is 0 Å². The van der Waals surface area contributed by atoms with Crippen molar-refractivity contribution in [1.29, 1.82) is 0 Å². The molecule has 1 amide bonds. The summed E-state index contributed by atoms with van der Waals surface area (Å²) in [6, 6.07) is 11.4. The first-order valence-corrected chi connectivity index (χ1v) is 9.36. The SMILES string of the molecule is O=C(NCC(c1ccc2c(c1)OCO2)N1CCOCC1)c1cccc([N+](=O)[O-])c1. The lowest BCUT2D eigenvalue weighted by molar-refractivity contribution is -0.384. The van der Waals surface area contributed by atoms with E-state index in [1.54, 1.807) is 6.07 Å². The predicted molar refractivity (Wildman–Crippen MR) is 103 cm³/mol. The van der Waals surface area contributed by atoms with Gasteiger partial charge in [-0.25, -0.2) is 0 Å². The van der Waals surface area contributed by atoms with Crippen LogP contribution in [-0.4, -0.2) is 55.4 Å². The third-order valence-electron chi connectivity index (χ3n) is 5.04. The Hall–Kier alpha value is -3.17. The largest absolute Gasteiger partial charge is 0.454 e. The number of carbonyl (C=O) groups is 1. The third kappa shape index (κ3) is 4.30. The molecule has 2 aromatic carbocycles. The fourth-order valence-corrected chi connectivity index (χ4v) is 3.52. The molecule has 9 heteroatoms. The second kappa shape index (κ2) is 8.46. The molecular weight excluding hydrogens is 378 g/mol. The minimum absolute atomic E-state index is 0.0870. The molecule has 0 bridgehead atoms. The molecule has 4 rings (SSSR count). The zero-order valence-corrected chi connectivity index (χ0v) is 15.7. The molecule has 0 saturated carbocycles. The topological polar surface area (TPSA) is 103 Å². The van der Waals surface area contributed by atoms with Gasteiger partial charge in [0.15, 0.2) is 11.5 Å². The van der Waals surface area contributed by atoms with E-state index in [2.05, 4.69) is 10.2 Å². The maximum absolute atomic E-state index is 12.6. The van der Waals surface area contributed by atoms with Crippen LogP contribution in [0.4, 0.5) is 5.69 Å². The van der Waals surface area contributed by atoms with E-state index >= 15 is 0 Å². The smallest absolute Gasteiger partial charge is 0.270 e. The molecule has 1 fully saturated rings. The van der Waals surface area contributed by atoms with Crippen molar-refractivity contribution in [2.45, 2.75) is 6.04 Å². The first kappa shape index (κ1) is 19.2. The highest BCUT2D eigenvalue weighted by atomic mass is 16.7. The molecule has 0 aliphatic carbocycles. The summed E-state index contributed by atoms with van der Waals surface area (Å²) in [5.74, 6) is 1.04. The third-order valence-corrected chi connectivity index (χ3v) is 5.04. The van der Waals surface area contributed by atoms with Crippen molar-refractivity contribution in [3.05, 3.63) is 63.7 Å². The van der Waals surface area contributed by atoms with Gasteiger partial charge in [-0.15, -0.1) is 0 Å². The number of hydrogen-bond donors (Lipinski definition) is 1. The van der Waals surface area contributed by atoms with E-state index in [0.29, 0.717) is 31.3 Å². The minimum atomic E-state index is -0.514. The summed E-state index contributed by atoms with van der Waals surface area (Å²) in [6.07, 6.45) is 0. The number of nitrogens with zero attached hydrogens (tertiary/aromatic N) is 2. The number of nitro benzene ring substituents is 1. The second-order valence-corrected chi connectivity index (χ2v) is 6.79. The van der Waals surface area contributed by atoms with Crippen LogP contribution in [0.25, 0.3) is 0 Å². The van der Waals surface area contributed by atoms with Crippen LogP contribution in [0.5, 0.6) is 11.5 Å². The lowest BCUT2D eigenvalue weighted by Crippen LogP contribution is -2.43. The van der Waals surface area contributed by atoms with Crippen molar-refractivity contribution in [2.24, 2.45) is 0 Å². The average molecular weight is 399 g/mol. The van der Waals surface area contributed by atoms with E-state index in [9.17, 15) is 14.9 Å². The number of non-ortho nitro benzene ring substituents is 1. The minimum Gasteiger partial charge on any atom is -0.454 e. The Labute approximate surface area is 167 Å².